The van der Waals surface area contributed by atoms with Crippen molar-refractivity contribution in [3.8, 4) is 16.9 Å². The molecule has 2 aromatic carbocycles. The molecule has 0 unspecified atom stereocenters. The zero-order valence-corrected chi connectivity index (χ0v) is 17.7. The Bertz CT molecular complexity index is 1220. The van der Waals surface area contributed by atoms with Crippen molar-refractivity contribution >= 4 is 10.9 Å². The van der Waals surface area contributed by atoms with Crippen molar-refractivity contribution in [1.82, 2.24) is 19.6 Å². The van der Waals surface area contributed by atoms with E-state index in [-0.39, 0.29) is 11.6 Å². The minimum Gasteiger partial charge on any atom is -0.490 e. The van der Waals surface area contributed by atoms with Crippen LogP contribution in [-0.4, -0.2) is 26.2 Å². The molecule has 0 saturated heterocycles. The summed E-state index contributed by atoms with van der Waals surface area (Å²) < 4.78 is 24.3. The summed E-state index contributed by atoms with van der Waals surface area (Å²) in [6, 6.07) is 10.9. The SMILES string of the molecule is Cc1nn(C)c(C)c1CCOc1c(F)cccc1-c1ccc2c(c1)c(CN)nn2C. The molecule has 4 rings (SSSR count). The first-order valence-corrected chi connectivity index (χ1v) is 9.97. The standard InChI is InChI=1S/C23H26FN5O/c1-14-17(15(2)28(3)26-14)10-11-30-23-18(6-5-7-20(23)24)16-8-9-22-19(12-16)21(13-25)27-29(22)4/h5-9,12H,10-11,13,25H2,1-4H3. The van der Waals surface area contributed by atoms with Crippen molar-refractivity contribution in [2.45, 2.75) is 26.8 Å². The molecule has 0 amide bonds. The van der Waals surface area contributed by atoms with Crippen LogP contribution in [0.5, 0.6) is 5.75 Å². The molecule has 0 fully saturated rings. The van der Waals surface area contributed by atoms with E-state index in [0.29, 0.717) is 25.1 Å². The van der Waals surface area contributed by atoms with Gasteiger partial charge in [0.1, 0.15) is 0 Å². The lowest BCUT2D eigenvalue weighted by Crippen LogP contribution is -2.05. The summed E-state index contributed by atoms with van der Waals surface area (Å²) in [4.78, 5) is 0. The molecular formula is C23H26FN5O. The highest BCUT2D eigenvalue weighted by atomic mass is 19.1. The molecule has 0 saturated carbocycles. The Balaban J connectivity index is 1.65. The molecule has 0 spiro atoms. The fourth-order valence-corrected chi connectivity index (χ4v) is 3.97. The number of fused-ring (bicyclic) bond motifs is 1. The smallest absolute Gasteiger partial charge is 0.165 e. The number of aromatic nitrogens is 4. The van der Waals surface area contributed by atoms with E-state index in [0.717, 1.165) is 39.1 Å². The predicted molar refractivity (Wildman–Crippen MR) is 116 cm³/mol. The number of ether oxygens (including phenoxy) is 1. The highest BCUT2D eigenvalue weighted by Gasteiger charge is 2.16. The second-order valence-electron chi connectivity index (χ2n) is 7.49. The van der Waals surface area contributed by atoms with Crippen LogP contribution in [0.3, 0.4) is 0 Å². The summed E-state index contributed by atoms with van der Waals surface area (Å²) >= 11 is 0. The van der Waals surface area contributed by atoms with Gasteiger partial charge in [-0.2, -0.15) is 10.2 Å². The molecule has 30 heavy (non-hydrogen) atoms. The predicted octanol–water partition coefficient (Wildman–Crippen LogP) is 3.81. The second-order valence-corrected chi connectivity index (χ2v) is 7.49. The number of aryl methyl sites for hydroxylation is 3. The third kappa shape index (κ3) is 3.45. The summed E-state index contributed by atoms with van der Waals surface area (Å²) in [5.74, 6) is -0.119. The van der Waals surface area contributed by atoms with Gasteiger partial charge < -0.3 is 10.5 Å². The van der Waals surface area contributed by atoms with Crippen LogP contribution < -0.4 is 10.5 Å². The van der Waals surface area contributed by atoms with Gasteiger partial charge in [0.05, 0.1) is 23.5 Å². The number of nitrogens with two attached hydrogens (primary N) is 1. The molecule has 2 heterocycles. The van der Waals surface area contributed by atoms with Gasteiger partial charge in [-0.1, -0.05) is 18.2 Å². The lowest BCUT2D eigenvalue weighted by atomic mass is 10.0. The van der Waals surface area contributed by atoms with E-state index in [9.17, 15) is 4.39 Å². The van der Waals surface area contributed by atoms with E-state index < -0.39 is 0 Å². The van der Waals surface area contributed by atoms with Crippen LogP contribution in [0.1, 0.15) is 22.6 Å². The summed E-state index contributed by atoms with van der Waals surface area (Å²) in [5, 5.41) is 9.87. The average Bonchev–Trinajstić information content (AvgIpc) is 3.18. The first-order chi connectivity index (χ1) is 14.4. The quantitative estimate of drug-likeness (QED) is 0.528. The number of halogens is 1. The lowest BCUT2D eigenvalue weighted by molar-refractivity contribution is 0.306. The highest BCUT2D eigenvalue weighted by molar-refractivity contribution is 5.88. The Morgan fingerprint density at radius 3 is 2.57 bits per heavy atom. The van der Waals surface area contributed by atoms with E-state index >= 15 is 0 Å². The lowest BCUT2D eigenvalue weighted by Gasteiger charge is -2.13. The number of benzene rings is 2. The van der Waals surface area contributed by atoms with Crippen LogP contribution in [0, 0.1) is 19.7 Å². The summed E-state index contributed by atoms with van der Waals surface area (Å²) in [7, 11) is 3.81. The second kappa shape index (κ2) is 7.91. The van der Waals surface area contributed by atoms with Gasteiger partial charge in [0.15, 0.2) is 11.6 Å². The molecule has 156 valence electrons. The van der Waals surface area contributed by atoms with Crippen LogP contribution in [0.15, 0.2) is 36.4 Å². The topological polar surface area (TPSA) is 70.9 Å². The van der Waals surface area contributed by atoms with E-state index in [2.05, 4.69) is 10.2 Å². The highest BCUT2D eigenvalue weighted by Crippen LogP contribution is 2.35. The molecule has 0 aliphatic heterocycles. The minimum atomic E-state index is -0.377. The third-order valence-corrected chi connectivity index (χ3v) is 5.66. The monoisotopic (exact) mass is 407 g/mol. The maximum absolute atomic E-state index is 14.7. The normalized spacial score (nSPS) is 11.4. The molecule has 0 atom stereocenters. The maximum Gasteiger partial charge on any atom is 0.165 e. The fraction of sp³-hybridized carbons (Fsp3) is 0.304. The van der Waals surface area contributed by atoms with Crippen LogP contribution in [0.2, 0.25) is 0 Å². The summed E-state index contributed by atoms with van der Waals surface area (Å²) in [6.45, 7) is 4.72. The Kier molecular flexibility index (Phi) is 5.30. The molecule has 4 aromatic rings. The maximum atomic E-state index is 14.7. The van der Waals surface area contributed by atoms with Gasteiger partial charge in [0.2, 0.25) is 0 Å². The Hall–Kier alpha value is -3.19. The summed E-state index contributed by atoms with van der Waals surface area (Å²) in [5.41, 5.74) is 12.4. The molecule has 6 nitrogen and oxygen atoms in total. The van der Waals surface area contributed by atoms with Crippen molar-refractivity contribution < 1.29 is 9.13 Å². The van der Waals surface area contributed by atoms with E-state index in [1.54, 1.807) is 6.07 Å². The number of rotatable bonds is 6. The zero-order valence-electron chi connectivity index (χ0n) is 17.7. The molecular weight excluding hydrogens is 381 g/mol. The molecule has 2 N–H and O–H groups in total. The third-order valence-electron chi connectivity index (χ3n) is 5.66. The van der Waals surface area contributed by atoms with Crippen molar-refractivity contribution in [1.29, 1.82) is 0 Å². The van der Waals surface area contributed by atoms with Crippen LogP contribution >= 0.6 is 0 Å². The molecule has 0 aliphatic rings. The molecule has 0 aliphatic carbocycles. The summed E-state index contributed by atoms with van der Waals surface area (Å²) in [6.07, 6.45) is 0.665. The van der Waals surface area contributed by atoms with Gasteiger partial charge in [0.25, 0.3) is 0 Å². The Morgan fingerprint density at radius 2 is 1.87 bits per heavy atom. The van der Waals surface area contributed by atoms with Crippen molar-refractivity contribution in [2.24, 2.45) is 19.8 Å². The first-order valence-electron chi connectivity index (χ1n) is 9.97. The van der Waals surface area contributed by atoms with E-state index in [4.69, 9.17) is 10.5 Å². The van der Waals surface area contributed by atoms with Crippen LogP contribution in [-0.2, 0) is 27.1 Å². The molecule has 2 aromatic heterocycles. The molecule has 7 heteroatoms. The van der Waals surface area contributed by atoms with Crippen LogP contribution in [0.4, 0.5) is 4.39 Å². The van der Waals surface area contributed by atoms with Gasteiger partial charge in [-0.05, 0) is 43.2 Å². The Morgan fingerprint density at radius 1 is 1.07 bits per heavy atom. The van der Waals surface area contributed by atoms with Gasteiger partial charge >= 0.3 is 0 Å². The number of para-hydroxylation sites is 1. The minimum absolute atomic E-state index is 0.259. The first kappa shape index (κ1) is 20.1. The number of hydrogen-bond acceptors (Lipinski definition) is 4. The van der Waals surface area contributed by atoms with Crippen LogP contribution in [0.25, 0.3) is 22.0 Å². The Labute approximate surface area is 175 Å². The van der Waals surface area contributed by atoms with Gasteiger partial charge in [-0.3, -0.25) is 9.36 Å². The van der Waals surface area contributed by atoms with Gasteiger partial charge in [-0.15, -0.1) is 0 Å². The van der Waals surface area contributed by atoms with Gasteiger partial charge in [0, 0.05) is 43.7 Å². The van der Waals surface area contributed by atoms with Gasteiger partial charge in [-0.25, -0.2) is 4.39 Å². The number of nitrogens with zero attached hydrogens (tertiary/aromatic N) is 4. The van der Waals surface area contributed by atoms with Crippen molar-refractivity contribution in [3.05, 3.63) is 64.9 Å². The largest absolute Gasteiger partial charge is 0.490 e. The van der Waals surface area contributed by atoms with Crippen molar-refractivity contribution in [2.75, 3.05) is 6.61 Å². The van der Waals surface area contributed by atoms with E-state index in [1.807, 2.05) is 61.6 Å². The molecule has 0 radical (unpaired) electrons. The van der Waals surface area contributed by atoms with E-state index in [1.165, 1.54) is 6.07 Å². The molecule has 0 bridgehead atoms. The average molecular weight is 407 g/mol. The fourth-order valence-electron chi connectivity index (χ4n) is 3.97. The zero-order chi connectivity index (χ0) is 21.4. The van der Waals surface area contributed by atoms with Crippen molar-refractivity contribution in [3.63, 3.8) is 0 Å². The number of hydrogen-bond donors (Lipinski definition) is 1.